The zero-order chi connectivity index (χ0) is 20.7. The summed E-state index contributed by atoms with van der Waals surface area (Å²) in [5.41, 5.74) is 2.03. The number of carbonyl (C=O) groups is 1. The largest absolute Gasteiger partial charge is 0.353 e. The molecule has 1 saturated carbocycles. The number of H-pyrrole nitrogens is 1. The van der Waals surface area contributed by atoms with E-state index in [1.807, 2.05) is 36.7 Å². The smallest absolute Gasteiger partial charge is 0.245 e. The van der Waals surface area contributed by atoms with Crippen LogP contribution in [0.25, 0.3) is 5.52 Å². The molecule has 3 N–H and O–H groups in total. The number of fused-ring (bicyclic) bond motifs is 1. The summed E-state index contributed by atoms with van der Waals surface area (Å²) in [5, 5.41) is 18.7. The van der Waals surface area contributed by atoms with Gasteiger partial charge in [0.1, 0.15) is 11.3 Å². The van der Waals surface area contributed by atoms with Crippen LogP contribution in [-0.4, -0.2) is 49.8 Å². The molecule has 3 aromatic heterocycles. The van der Waals surface area contributed by atoms with Gasteiger partial charge in [0.15, 0.2) is 5.82 Å². The maximum atomic E-state index is 12.0. The number of aromatic amines is 1. The maximum Gasteiger partial charge on any atom is 0.245 e. The molecule has 0 spiro atoms. The minimum absolute atomic E-state index is 0.0130. The van der Waals surface area contributed by atoms with Crippen molar-refractivity contribution in [3.05, 3.63) is 30.1 Å². The molecule has 0 radical (unpaired) electrons. The first kappa shape index (κ1) is 18.9. The molecule has 1 aliphatic carbocycles. The lowest BCUT2D eigenvalue weighted by Crippen LogP contribution is -2.46. The summed E-state index contributed by atoms with van der Waals surface area (Å²) in [6.07, 6.45) is 6.15. The Morgan fingerprint density at radius 2 is 2.03 bits per heavy atom. The second-order valence-electron chi connectivity index (χ2n) is 8.63. The Balaban J connectivity index is 1.32. The normalized spacial score (nSPS) is 17.6. The second kappa shape index (κ2) is 7.62. The fraction of sp³-hybridized carbons (Fsp3) is 0.524. The highest BCUT2D eigenvalue weighted by Crippen LogP contribution is 2.39. The highest BCUT2D eigenvalue weighted by atomic mass is 16.1. The van der Waals surface area contributed by atoms with Crippen molar-refractivity contribution in [3.63, 3.8) is 0 Å². The van der Waals surface area contributed by atoms with Crippen LogP contribution >= 0.6 is 0 Å². The Hall–Kier alpha value is -3.10. The number of carbonyl (C=O) groups excluding carboxylic acids is 1. The van der Waals surface area contributed by atoms with Crippen LogP contribution in [0.3, 0.4) is 0 Å². The maximum absolute atomic E-state index is 12.0. The number of nitrogens with one attached hydrogen (secondary N) is 3. The topological polar surface area (TPSA) is 103 Å². The van der Waals surface area contributed by atoms with E-state index in [0.717, 1.165) is 48.8 Å². The monoisotopic (exact) mass is 408 g/mol. The highest BCUT2D eigenvalue weighted by molar-refractivity contribution is 5.78. The minimum atomic E-state index is 0.0130. The number of amides is 1. The van der Waals surface area contributed by atoms with E-state index in [9.17, 15) is 4.79 Å². The Morgan fingerprint density at radius 3 is 2.77 bits per heavy atom. The molecule has 2 fully saturated rings. The average molecular weight is 409 g/mol. The lowest BCUT2D eigenvalue weighted by atomic mass is 10.0. The number of rotatable bonds is 6. The molecule has 9 heteroatoms. The summed E-state index contributed by atoms with van der Waals surface area (Å²) < 4.78 is 1.86. The standard InChI is InChI=1S/C21H28N8O/c1-13(2)20(30)22-15-7-10-28(11-8-15)21-24-19(17-4-3-9-29(17)27-21)23-18-12-16(25-26-18)14-5-6-14/h3-4,9,12-15H,5-8,10-11H2,1-2H3,(H,22,30)(H2,23,24,25,26,27). The molecule has 2 aliphatic rings. The second-order valence-corrected chi connectivity index (χ2v) is 8.63. The summed E-state index contributed by atoms with van der Waals surface area (Å²) in [7, 11) is 0. The van der Waals surface area contributed by atoms with Crippen molar-refractivity contribution in [2.45, 2.75) is 51.5 Å². The van der Waals surface area contributed by atoms with Crippen molar-refractivity contribution >= 4 is 29.0 Å². The van der Waals surface area contributed by atoms with Gasteiger partial charge in [0.05, 0.1) is 5.69 Å². The van der Waals surface area contributed by atoms with Gasteiger partial charge in [-0.3, -0.25) is 9.89 Å². The molecule has 9 nitrogen and oxygen atoms in total. The van der Waals surface area contributed by atoms with E-state index in [4.69, 9.17) is 10.1 Å². The SMILES string of the molecule is CC(C)C(=O)NC1CCN(c2nc(Nc3cc(C4CC4)n[nH]3)c3cccn3n2)CC1. The quantitative estimate of drug-likeness (QED) is 0.580. The Kier molecular flexibility index (Phi) is 4.80. The summed E-state index contributed by atoms with van der Waals surface area (Å²) in [6, 6.07) is 6.25. The lowest BCUT2D eigenvalue weighted by Gasteiger charge is -2.32. The van der Waals surface area contributed by atoms with E-state index in [2.05, 4.69) is 31.8 Å². The lowest BCUT2D eigenvalue weighted by molar-refractivity contribution is -0.124. The predicted octanol–water partition coefficient (Wildman–Crippen LogP) is 2.81. The van der Waals surface area contributed by atoms with Gasteiger partial charge in [-0.05, 0) is 37.8 Å². The Morgan fingerprint density at radius 1 is 1.23 bits per heavy atom. The molecule has 158 valence electrons. The molecule has 0 atom stereocenters. The van der Waals surface area contributed by atoms with Gasteiger partial charge in [-0.2, -0.15) is 10.1 Å². The number of nitrogens with zero attached hydrogens (tertiary/aromatic N) is 5. The average Bonchev–Trinajstić information content (AvgIpc) is 3.29. The van der Waals surface area contributed by atoms with E-state index >= 15 is 0 Å². The Bertz CT molecular complexity index is 1040. The zero-order valence-corrected chi connectivity index (χ0v) is 17.4. The van der Waals surface area contributed by atoms with Gasteiger partial charge in [0.2, 0.25) is 11.9 Å². The van der Waals surface area contributed by atoms with Crippen molar-refractivity contribution in [1.82, 2.24) is 30.1 Å². The number of anilines is 3. The van der Waals surface area contributed by atoms with Gasteiger partial charge in [0.25, 0.3) is 0 Å². The van der Waals surface area contributed by atoms with Crippen LogP contribution in [0.2, 0.25) is 0 Å². The first-order valence-corrected chi connectivity index (χ1v) is 10.8. The van der Waals surface area contributed by atoms with Gasteiger partial charge < -0.3 is 15.5 Å². The van der Waals surface area contributed by atoms with Crippen LogP contribution in [-0.2, 0) is 4.79 Å². The Labute approximate surface area is 175 Å². The van der Waals surface area contributed by atoms with Crippen molar-refractivity contribution in [3.8, 4) is 0 Å². The van der Waals surface area contributed by atoms with Gasteiger partial charge in [-0.1, -0.05) is 13.8 Å². The van der Waals surface area contributed by atoms with Gasteiger partial charge in [-0.15, -0.1) is 5.10 Å². The molecule has 0 aromatic carbocycles. The molecule has 5 rings (SSSR count). The van der Waals surface area contributed by atoms with E-state index in [0.29, 0.717) is 11.9 Å². The number of aromatic nitrogens is 5. The number of hydrogen-bond donors (Lipinski definition) is 3. The van der Waals surface area contributed by atoms with Crippen LogP contribution in [0.5, 0.6) is 0 Å². The highest BCUT2D eigenvalue weighted by Gasteiger charge is 2.27. The van der Waals surface area contributed by atoms with E-state index in [1.54, 1.807) is 0 Å². The fourth-order valence-corrected chi connectivity index (χ4v) is 3.86. The first-order valence-electron chi connectivity index (χ1n) is 10.8. The van der Waals surface area contributed by atoms with Crippen LogP contribution in [0, 0.1) is 5.92 Å². The van der Waals surface area contributed by atoms with Crippen molar-refractivity contribution in [2.24, 2.45) is 5.92 Å². The molecule has 0 unspecified atom stereocenters. The third-order valence-corrected chi connectivity index (χ3v) is 5.87. The van der Waals surface area contributed by atoms with Crippen LogP contribution in [0.15, 0.2) is 24.4 Å². The molecular formula is C21H28N8O. The molecule has 1 amide bonds. The first-order chi connectivity index (χ1) is 14.6. The number of hydrogen-bond acceptors (Lipinski definition) is 6. The molecule has 3 aromatic rings. The zero-order valence-electron chi connectivity index (χ0n) is 17.4. The summed E-state index contributed by atoms with van der Waals surface area (Å²) in [5.74, 6) is 3.03. The van der Waals surface area contributed by atoms with Crippen LogP contribution in [0.4, 0.5) is 17.6 Å². The van der Waals surface area contributed by atoms with Crippen molar-refractivity contribution < 1.29 is 4.79 Å². The van der Waals surface area contributed by atoms with E-state index in [-0.39, 0.29) is 17.9 Å². The third-order valence-electron chi connectivity index (χ3n) is 5.87. The molecular weight excluding hydrogens is 380 g/mol. The predicted molar refractivity (Wildman–Crippen MR) is 115 cm³/mol. The van der Waals surface area contributed by atoms with Crippen LogP contribution in [0.1, 0.15) is 51.1 Å². The molecule has 1 aliphatic heterocycles. The van der Waals surface area contributed by atoms with Gasteiger partial charge in [0, 0.05) is 43.2 Å². The van der Waals surface area contributed by atoms with Gasteiger partial charge >= 0.3 is 0 Å². The number of piperidine rings is 1. The summed E-state index contributed by atoms with van der Waals surface area (Å²) in [4.78, 5) is 19.0. The molecule has 4 heterocycles. The minimum Gasteiger partial charge on any atom is -0.353 e. The van der Waals surface area contributed by atoms with Crippen molar-refractivity contribution in [2.75, 3.05) is 23.3 Å². The molecule has 1 saturated heterocycles. The summed E-state index contributed by atoms with van der Waals surface area (Å²) >= 11 is 0. The van der Waals surface area contributed by atoms with Crippen LogP contribution < -0.4 is 15.5 Å². The fourth-order valence-electron chi connectivity index (χ4n) is 3.86. The third kappa shape index (κ3) is 3.83. The van der Waals surface area contributed by atoms with E-state index in [1.165, 1.54) is 12.8 Å². The van der Waals surface area contributed by atoms with Crippen molar-refractivity contribution in [1.29, 1.82) is 0 Å². The molecule has 0 bridgehead atoms. The molecule has 30 heavy (non-hydrogen) atoms. The van der Waals surface area contributed by atoms with E-state index < -0.39 is 0 Å². The summed E-state index contributed by atoms with van der Waals surface area (Å²) in [6.45, 7) is 5.47. The van der Waals surface area contributed by atoms with Gasteiger partial charge in [-0.25, -0.2) is 4.52 Å².